The van der Waals surface area contributed by atoms with Gasteiger partial charge in [0, 0.05) is 21.9 Å². The summed E-state index contributed by atoms with van der Waals surface area (Å²) < 4.78 is 0. The van der Waals surface area contributed by atoms with Crippen molar-refractivity contribution in [2.75, 3.05) is 5.32 Å². The van der Waals surface area contributed by atoms with Crippen molar-refractivity contribution in [2.24, 2.45) is 0 Å². The average Bonchev–Trinajstić information content (AvgIpc) is 3.39. The number of amides is 1. The Morgan fingerprint density at radius 2 is 1.89 bits per heavy atom. The number of rotatable bonds is 5. The molecule has 0 radical (unpaired) electrons. The number of thiophene rings is 1. The van der Waals surface area contributed by atoms with E-state index in [-0.39, 0.29) is 5.91 Å². The van der Waals surface area contributed by atoms with Crippen molar-refractivity contribution in [2.45, 2.75) is 38.0 Å². The van der Waals surface area contributed by atoms with Crippen LogP contribution in [0.5, 0.6) is 0 Å². The molecule has 3 aromatic rings. The summed E-state index contributed by atoms with van der Waals surface area (Å²) in [6, 6.07) is 12.7. The van der Waals surface area contributed by atoms with Crippen molar-refractivity contribution in [3.8, 4) is 11.3 Å². The minimum absolute atomic E-state index is 0.156. The predicted molar refractivity (Wildman–Crippen MR) is 115 cm³/mol. The Labute approximate surface area is 167 Å². The number of aromatic nitrogens is 1. The van der Waals surface area contributed by atoms with Crippen LogP contribution in [-0.4, -0.2) is 10.9 Å². The van der Waals surface area contributed by atoms with Crippen molar-refractivity contribution in [3.05, 3.63) is 63.7 Å². The van der Waals surface area contributed by atoms with E-state index < -0.39 is 0 Å². The highest BCUT2D eigenvalue weighted by Crippen LogP contribution is 2.34. The first-order chi connectivity index (χ1) is 13.3. The van der Waals surface area contributed by atoms with Crippen LogP contribution in [0.2, 0.25) is 0 Å². The van der Waals surface area contributed by atoms with E-state index in [9.17, 15) is 4.79 Å². The fraction of sp³-hybridized carbons (Fsp3) is 0.273. The predicted octanol–water partition coefficient (Wildman–Crippen LogP) is 6.57. The maximum absolute atomic E-state index is 12.0. The van der Waals surface area contributed by atoms with Crippen molar-refractivity contribution in [1.29, 1.82) is 0 Å². The van der Waals surface area contributed by atoms with Crippen molar-refractivity contribution < 1.29 is 4.79 Å². The quantitative estimate of drug-likeness (QED) is 0.497. The summed E-state index contributed by atoms with van der Waals surface area (Å²) in [4.78, 5) is 17.7. The molecule has 4 rings (SSSR count). The SMILES string of the molecule is O=C(/C=C/c1cccs1)Nc1nc(-c2ccc(C3CCCCC3)cc2)cs1. The first-order valence-corrected chi connectivity index (χ1v) is 11.1. The lowest BCUT2D eigenvalue weighted by molar-refractivity contribution is -0.111. The topological polar surface area (TPSA) is 42.0 Å². The first kappa shape index (κ1) is 18.1. The van der Waals surface area contributed by atoms with Crippen LogP contribution in [0.3, 0.4) is 0 Å². The summed E-state index contributed by atoms with van der Waals surface area (Å²) in [5.41, 5.74) is 3.45. The number of anilines is 1. The number of thiazole rings is 1. The Morgan fingerprint density at radius 1 is 1.07 bits per heavy atom. The average molecular weight is 395 g/mol. The highest BCUT2D eigenvalue weighted by molar-refractivity contribution is 7.14. The summed E-state index contributed by atoms with van der Waals surface area (Å²) in [5.74, 6) is 0.560. The molecular formula is C22H22N2OS2. The van der Waals surface area contributed by atoms with E-state index in [2.05, 4.69) is 34.6 Å². The summed E-state index contributed by atoms with van der Waals surface area (Å²) in [6.45, 7) is 0. The third-order valence-corrected chi connectivity index (χ3v) is 6.55. The van der Waals surface area contributed by atoms with E-state index >= 15 is 0 Å². The number of nitrogens with one attached hydrogen (secondary N) is 1. The van der Waals surface area contributed by atoms with E-state index in [4.69, 9.17) is 0 Å². The highest BCUT2D eigenvalue weighted by Gasteiger charge is 2.15. The molecule has 5 heteroatoms. The van der Waals surface area contributed by atoms with E-state index in [1.54, 1.807) is 17.4 Å². The van der Waals surface area contributed by atoms with Crippen LogP contribution < -0.4 is 5.32 Å². The van der Waals surface area contributed by atoms with E-state index in [1.807, 2.05) is 29.0 Å². The summed E-state index contributed by atoms with van der Waals surface area (Å²) in [5, 5.41) is 7.46. The molecule has 1 aromatic carbocycles. The smallest absolute Gasteiger partial charge is 0.250 e. The lowest BCUT2D eigenvalue weighted by Gasteiger charge is -2.22. The molecule has 2 heterocycles. The second kappa shape index (κ2) is 8.63. The van der Waals surface area contributed by atoms with Gasteiger partial charge in [0.1, 0.15) is 0 Å². The molecule has 2 aromatic heterocycles. The molecule has 138 valence electrons. The number of carbonyl (C=O) groups excluding carboxylic acids is 1. The Hall–Kier alpha value is -2.24. The molecule has 1 saturated carbocycles. The zero-order valence-corrected chi connectivity index (χ0v) is 16.7. The summed E-state index contributed by atoms with van der Waals surface area (Å²) in [7, 11) is 0. The van der Waals surface area contributed by atoms with Gasteiger partial charge in [0.25, 0.3) is 0 Å². The molecule has 0 spiro atoms. The number of hydrogen-bond donors (Lipinski definition) is 1. The van der Waals surface area contributed by atoms with Gasteiger partial charge in [-0.1, -0.05) is 49.6 Å². The van der Waals surface area contributed by atoms with Crippen LogP contribution in [0.25, 0.3) is 17.3 Å². The van der Waals surface area contributed by atoms with Crippen LogP contribution >= 0.6 is 22.7 Å². The van der Waals surface area contributed by atoms with Crippen LogP contribution in [0.4, 0.5) is 5.13 Å². The number of hydrogen-bond acceptors (Lipinski definition) is 4. The zero-order valence-electron chi connectivity index (χ0n) is 15.1. The maximum atomic E-state index is 12.0. The zero-order chi connectivity index (χ0) is 18.5. The van der Waals surface area contributed by atoms with Crippen molar-refractivity contribution >= 4 is 39.8 Å². The molecule has 0 saturated heterocycles. The van der Waals surface area contributed by atoms with Crippen LogP contribution in [0.1, 0.15) is 48.5 Å². The molecular weight excluding hydrogens is 372 g/mol. The first-order valence-electron chi connectivity index (χ1n) is 9.36. The van der Waals surface area contributed by atoms with Gasteiger partial charge in [-0.15, -0.1) is 22.7 Å². The largest absolute Gasteiger partial charge is 0.298 e. The molecule has 0 atom stereocenters. The standard InChI is InChI=1S/C22H22N2OS2/c25-21(13-12-19-7-4-14-26-19)24-22-23-20(15-27-22)18-10-8-17(9-11-18)16-5-2-1-3-6-16/h4,7-16H,1-3,5-6H2,(H,23,24,25)/b13-12+. The molecule has 1 aliphatic rings. The molecule has 0 aliphatic heterocycles. The molecule has 27 heavy (non-hydrogen) atoms. The minimum atomic E-state index is -0.156. The molecule has 1 amide bonds. The lowest BCUT2D eigenvalue weighted by Crippen LogP contribution is -2.07. The molecule has 0 bridgehead atoms. The number of nitrogens with zero attached hydrogens (tertiary/aromatic N) is 1. The minimum Gasteiger partial charge on any atom is -0.298 e. The molecule has 1 fully saturated rings. The number of carbonyl (C=O) groups is 1. The second-order valence-electron chi connectivity index (χ2n) is 6.83. The third kappa shape index (κ3) is 4.73. The van der Waals surface area contributed by atoms with Gasteiger partial charge in [-0.2, -0.15) is 0 Å². The monoisotopic (exact) mass is 394 g/mol. The Morgan fingerprint density at radius 3 is 2.63 bits per heavy atom. The van der Waals surface area contributed by atoms with E-state index in [1.165, 1.54) is 49.0 Å². The Bertz CT molecular complexity index is 904. The molecule has 0 unspecified atom stereocenters. The van der Waals surface area contributed by atoms with Gasteiger partial charge in [-0.3, -0.25) is 10.1 Å². The number of benzene rings is 1. The Balaban J connectivity index is 1.39. The lowest BCUT2D eigenvalue weighted by atomic mass is 9.84. The second-order valence-corrected chi connectivity index (χ2v) is 8.67. The highest BCUT2D eigenvalue weighted by atomic mass is 32.1. The van der Waals surface area contributed by atoms with Crippen LogP contribution in [-0.2, 0) is 4.79 Å². The normalized spacial score (nSPS) is 15.3. The van der Waals surface area contributed by atoms with Crippen LogP contribution in [0, 0.1) is 0 Å². The van der Waals surface area contributed by atoms with Gasteiger partial charge < -0.3 is 0 Å². The van der Waals surface area contributed by atoms with E-state index in [0.717, 1.165) is 16.1 Å². The van der Waals surface area contributed by atoms with Gasteiger partial charge in [-0.05, 0) is 41.8 Å². The third-order valence-electron chi connectivity index (χ3n) is 4.96. The summed E-state index contributed by atoms with van der Waals surface area (Å²) in [6.07, 6.45) is 10.1. The van der Waals surface area contributed by atoms with Crippen molar-refractivity contribution in [1.82, 2.24) is 4.98 Å². The molecule has 3 nitrogen and oxygen atoms in total. The van der Waals surface area contributed by atoms with Gasteiger partial charge in [0.05, 0.1) is 5.69 Å². The Kier molecular flexibility index (Phi) is 5.80. The van der Waals surface area contributed by atoms with Gasteiger partial charge >= 0.3 is 0 Å². The maximum Gasteiger partial charge on any atom is 0.250 e. The summed E-state index contributed by atoms with van der Waals surface area (Å²) >= 11 is 3.06. The van der Waals surface area contributed by atoms with Gasteiger partial charge in [-0.25, -0.2) is 4.98 Å². The van der Waals surface area contributed by atoms with E-state index in [0.29, 0.717) is 11.0 Å². The van der Waals surface area contributed by atoms with Gasteiger partial charge in [0.2, 0.25) is 5.91 Å². The fourth-order valence-electron chi connectivity index (χ4n) is 3.52. The molecule has 1 aliphatic carbocycles. The molecule has 1 N–H and O–H groups in total. The fourth-order valence-corrected chi connectivity index (χ4v) is 4.86. The van der Waals surface area contributed by atoms with Crippen molar-refractivity contribution in [3.63, 3.8) is 0 Å². The van der Waals surface area contributed by atoms with Gasteiger partial charge in [0.15, 0.2) is 5.13 Å². The van der Waals surface area contributed by atoms with Crippen LogP contribution in [0.15, 0.2) is 53.2 Å².